The topological polar surface area (TPSA) is 155 Å². The normalized spacial score (nSPS) is 16.0. The highest BCUT2D eigenvalue weighted by Gasteiger charge is 2.42. The molecule has 3 amide bonds. The lowest BCUT2D eigenvalue weighted by Gasteiger charge is -2.36. The second-order valence-electron chi connectivity index (χ2n) is 12.8. The fourth-order valence-corrected chi connectivity index (χ4v) is 5.60. The lowest BCUT2D eigenvalue weighted by molar-refractivity contribution is -0.143. The Hall–Kier alpha value is -5.04. The van der Waals surface area contributed by atoms with Gasteiger partial charge >= 0.3 is 0 Å². The zero-order chi connectivity index (χ0) is 33.7. The first-order chi connectivity index (χ1) is 22.5. The number of carbonyl (C=O) groups excluding carboxylic acids is 3. The number of carbonyl (C=O) groups is 3. The molecule has 1 aliphatic heterocycles. The average molecular weight is 642 g/mol. The van der Waals surface area contributed by atoms with E-state index in [1.54, 1.807) is 43.5 Å². The van der Waals surface area contributed by atoms with Crippen molar-refractivity contribution in [1.82, 2.24) is 35.1 Å². The summed E-state index contributed by atoms with van der Waals surface area (Å²) in [5.74, 6) is 0.0897. The molecule has 5 rings (SSSR count). The molecule has 248 valence electrons. The van der Waals surface area contributed by atoms with Crippen molar-refractivity contribution in [2.45, 2.75) is 65.2 Å². The minimum atomic E-state index is -0.805. The molecule has 3 unspecified atom stereocenters. The van der Waals surface area contributed by atoms with Crippen LogP contribution >= 0.6 is 0 Å². The van der Waals surface area contributed by atoms with Gasteiger partial charge in [-0.1, -0.05) is 32.9 Å². The Morgan fingerprint density at radius 2 is 1.87 bits per heavy atom. The van der Waals surface area contributed by atoms with Gasteiger partial charge in [-0.2, -0.15) is 0 Å². The van der Waals surface area contributed by atoms with E-state index in [2.05, 4.69) is 36.2 Å². The molecular weight excluding hydrogens is 598 g/mol. The van der Waals surface area contributed by atoms with Gasteiger partial charge in [-0.05, 0) is 56.0 Å². The molecule has 0 aliphatic carbocycles. The molecule has 4 aromatic rings. The number of anilines is 3. The number of nitrogens with one attached hydrogen (secondary N) is 4. The number of hydrogen-bond acceptors (Lipinski definition) is 9. The predicted octanol–water partition coefficient (Wildman–Crippen LogP) is 3.70. The molecule has 0 saturated carbocycles. The Kier molecular flexibility index (Phi) is 10.0. The SMILES string of the molecule is CNC(C)C(=O)NC(C(=O)N1CCCC1C(=O)Nc1cc2c(Nc3ccc(Cn4ccnc4)cc3)ncnc2cc1OC)C(C)(C)C. The van der Waals surface area contributed by atoms with E-state index in [-0.39, 0.29) is 17.7 Å². The number of methoxy groups -OCH3 is 1. The lowest BCUT2D eigenvalue weighted by atomic mass is 9.85. The van der Waals surface area contributed by atoms with E-state index in [0.29, 0.717) is 54.1 Å². The van der Waals surface area contributed by atoms with E-state index in [4.69, 9.17) is 4.74 Å². The van der Waals surface area contributed by atoms with Crippen LogP contribution in [0.5, 0.6) is 5.75 Å². The first-order valence-electron chi connectivity index (χ1n) is 15.7. The van der Waals surface area contributed by atoms with Crippen molar-refractivity contribution < 1.29 is 19.1 Å². The molecule has 13 nitrogen and oxygen atoms in total. The van der Waals surface area contributed by atoms with Gasteiger partial charge in [0, 0.05) is 42.6 Å². The van der Waals surface area contributed by atoms with Crippen molar-refractivity contribution >= 4 is 45.8 Å². The minimum Gasteiger partial charge on any atom is -0.494 e. The van der Waals surface area contributed by atoms with Gasteiger partial charge in [0.25, 0.3) is 0 Å². The Labute approximate surface area is 274 Å². The van der Waals surface area contributed by atoms with Gasteiger partial charge < -0.3 is 35.5 Å². The van der Waals surface area contributed by atoms with Crippen molar-refractivity contribution in [1.29, 1.82) is 0 Å². The van der Waals surface area contributed by atoms with Crippen LogP contribution in [0.25, 0.3) is 10.9 Å². The molecule has 1 aliphatic rings. The maximum Gasteiger partial charge on any atom is 0.247 e. The molecule has 47 heavy (non-hydrogen) atoms. The second-order valence-corrected chi connectivity index (χ2v) is 12.8. The van der Waals surface area contributed by atoms with Crippen LogP contribution in [0.2, 0.25) is 0 Å². The standard InChI is InChI=1S/C34H43N9O4/c1-21(35-5)31(44)41-29(34(2,3)4)33(46)43-14-7-8-27(43)32(45)40-26-16-24-25(17-28(26)47-6)37-19-38-30(24)39-23-11-9-22(10-12-23)18-42-15-13-36-20-42/h9-13,15-17,19-21,27,29,35H,7-8,14,18H2,1-6H3,(H,40,45)(H,41,44)(H,37,38,39). The minimum absolute atomic E-state index is 0.279. The number of rotatable bonds is 11. The third-order valence-corrected chi connectivity index (χ3v) is 8.42. The van der Waals surface area contributed by atoms with Crippen LogP contribution in [0, 0.1) is 5.41 Å². The monoisotopic (exact) mass is 641 g/mol. The fraction of sp³-hybridized carbons (Fsp3) is 0.412. The molecule has 0 radical (unpaired) electrons. The van der Waals surface area contributed by atoms with Gasteiger partial charge in [0.2, 0.25) is 17.7 Å². The predicted molar refractivity (Wildman–Crippen MR) is 180 cm³/mol. The number of likely N-dealkylation sites (tertiary alicyclic amines) is 1. The van der Waals surface area contributed by atoms with E-state index < -0.39 is 23.5 Å². The number of benzene rings is 2. The second kappa shape index (κ2) is 14.2. The van der Waals surface area contributed by atoms with Crippen molar-refractivity contribution in [3.63, 3.8) is 0 Å². The van der Waals surface area contributed by atoms with Gasteiger partial charge in [0.15, 0.2) is 0 Å². The molecule has 1 saturated heterocycles. The number of likely N-dealkylation sites (N-methyl/N-ethyl adjacent to an activating group) is 1. The first kappa shape index (κ1) is 33.3. The van der Waals surface area contributed by atoms with Crippen LogP contribution in [0.4, 0.5) is 17.2 Å². The van der Waals surface area contributed by atoms with E-state index >= 15 is 0 Å². The van der Waals surface area contributed by atoms with Crippen molar-refractivity contribution in [2.24, 2.45) is 5.41 Å². The number of imidazole rings is 1. The number of fused-ring (bicyclic) bond motifs is 1. The van der Waals surface area contributed by atoms with Crippen LogP contribution < -0.4 is 26.0 Å². The van der Waals surface area contributed by atoms with E-state index in [9.17, 15) is 14.4 Å². The summed E-state index contributed by atoms with van der Waals surface area (Å²) < 4.78 is 7.63. The Morgan fingerprint density at radius 1 is 1.11 bits per heavy atom. The molecular formula is C34H43N9O4. The Balaban J connectivity index is 1.36. The summed E-state index contributed by atoms with van der Waals surface area (Å²) in [5, 5.41) is 12.9. The molecule has 3 atom stereocenters. The summed E-state index contributed by atoms with van der Waals surface area (Å²) in [6.07, 6.45) is 8.08. The molecule has 2 aromatic heterocycles. The molecule has 1 fully saturated rings. The average Bonchev–Trinajstić information content (AvgIpc) is 3.76. The summed E-state index contributed by atoms with van der Waals surface area (Å²) in [4.78, 5) is 55.0. The molecule has 13 heteroatoms. The van der Waals surface area contributed by atoms with Gasteiger partial charge in [0.05, 0.1) is 30.7 Å². The zero-order valence-electron chi connectivity index (χ0n) is 27.7. The van der Waals surface area contributed by atoms with Crippen LogP contribution in [0.3, 0.4) is 0 Å². The van der Waals surface area contributed by atoms with Crippen molar-refractivity contribution in [3.05, 3.63) is 67.0 Å². The van der Waals surface area contributed by atoms with Crippen LogP contribution in [0.15, 0.2) is 61.4 Å². The van der Waals surface area contributed by atoms with Crippen molar-refractivity contribution in [2.75, 3.05) is 31.3 Å². The van der Waals surface area contributed by atoms with Gasteiger partial charge in [-0.3, -0.25) is 14.4 Å². The third-order valence-electron chi connectivity index (χ3n) is 8.42. The summed E-state index contributed by atoms with van der Waals surface area (Å²) in [7, 11) is 3.21. The lowest BCUT2D eigenvalue weighted by Crippen LogP contribution is -2.59. The maximum atomic E-state index is 13.9. The van der Waals surface area contributed by atoms with Gasteiger partial charge in [0.1, 0.15) is 30.0 Å². The largest absolute Gasteiger partial charge is 0.494 e. The van der Waals surface area contributed by atoms with Gasteiger partial charge in [-0.25, -0.2) is 15.0 Å². The molecule has 3 heterocycles. The first-order valence-corrected chi connectivity index (χ1v) is 15.7. The Morgan fingerprint density at radius 3 is 2.53 bits per heavy atom. The highest BCUT2D eigenvalue weighted by Crippen LogP contribution is 2.34. The number of nitrogens with zero attached hydrogens (tertiary/aromatic N) is 5. The maximum absolute atomic E-state index is 13.9. The van der Waals surface area contributed by atoms with Crippen molar-refractivity contribution in [3.8, 4) is 5.75 Å². The van der Waals surface area contributed by atoms with E-state index in [1.165, 1.54) is 13.4 Å². The molecule has 2 aromatic carbocycles. The summed E-state index contributed by atoms with van der Waals surface area (Å²) in [6.45, 7) is 8.55. The Bertz CT molecular complexity index is 1720. The summed E-state index contributed by atoms with van der Waals surface area (Å²) in [5.41, 5.74) is 2.45. The highest BCUT2D eigenvalue weighted by molar-refractivity contribution is 6.03. The quantitative estimate of drug-likeness (QED) is 0.192. The third kappa shape index (κ3) is 7.68. The van der Waals surface area contributed by atoms with Gasteiger partial charge in [-0.15, -0.1) is 0 Å². The van der Waals surface area contributed by atoms with Crippen LogP contribution in [-0.2, 0) is 20.9 Å². The zero-order valence-corrected chi connectivity index (χ0v) is 27.7. The molecule has 0 spiro atoms. The number of hydrogen-bond donors (Lipinski definition) is 4. The van der Waals surface area contributed by atoms with Crippen LogP contribution in [0.1, 0.15) is 46.1 Å². The van der Waals surface area contributed by atoms with Crippen LogP contribution in [-0.4, -0.2) is 81.0 Å². The number of aromatic nitrogens is 4. The number of amides is 3. The molecule has 0 bridgehead atoms. The molecule has 4 N–H and O–H groups in total. The highest BCUT2D eigenvalue weighted by atomic mass is 16.5. The fourth-order valence-electron chi connectivity index (χ4n) is 5.60. The summed E-state index contributed by atoms with van der Waals surface area (Å²) >= 11 is 0. The number of ether oxygens (including phenoxy) is 1. The smallest absolute Gasteiger partial charge is 0.247 e. The summed E-state index contributed by atoms with van der Waals surface area (Å²) in [6, 6.07) is 9.56. The van der Waals surface area contributed by atoms with E-state index in [1.807, 2.05) is 55.8 Å². The van der Waals surface area contributed by atoms with E-state index in [0.717, 1.165) is 11.3 Å².